The summed E-state index contributed by atoms with van der Waals surface area (Å²) in [6.07, 6.45) is 2.35. The number of ether oxygens (including phenoxy) is 3. The van der Waals surface area contributed by atoms with Crippen molar-refractivity contribution in [3.8, 4) is 23.5 Å². The topological polar surface area (TPSA) is 112 Å². The molecule has 1 atom stereocenters. The minimum atomic E-state index is -0.573. The van der Waals surface area contributed by atoms with Crippen molar-refractivity contribution in [1.29, 1.82) is 0 Å². The second-order valence-corrected chi connectivity index (χ2v) is 6.15. The number of methoxy groups -OCH3 is 2. The molecule has 2 N–H and O–H groups in total. The van der Waals surface area contributed by atoms with Crippen LogP contribution in [0, 0.1) is 0 Å². The lowest BCUT2D eigenvalue weighted by molar-refractivity contribution is -0.122. The molecule has 1 saturated heterocycles. The van der Waals surface area contributed by atoms with Crippen LogP contribution in [0.2, 0.25) is 0 Å². The maximum Gasteiger partial charge on any atom is 0.328 e. The monoisotopic (exact) mass is 386 g/mol. The molecule has 1 aliphatic rings. The highest BCUT2D eigenvalue weighted by atomic mass is 16.5. The van der Waals surface area contributed by atoms with Gasteiger partial charge < -0.3 is 24.8 Å². The van der Waals surface area contributed by atoms with Crippen LogP contribution in [-0.2, 0) is 4.79 Å². The fourth-order valence-corrected chi connectivity index (χ4v) is 2.79. The quantitative estimate of drug-likeness (QED) is 0.777. The Kier molecular flexibility index (Phi) is 6.25. The molecule has 148 valence electrons. The van der Waals surface area contributed by atoms with Crippen LogP contribution in [0.25, 0.3) is 0 Å². The van der Waals surface area contributed by atoms with E-state index in [9.17, 15) is 9.59 Å². The molecule has 9 heteroatoms. The van der Waals surface area contributed by atoms with Crippen molar-refractivity contribution < 1.29 is 23.8 Å². The highest BCUT2D eigenvalue weighted by molar-refractivity contribution is 5.99. The normalized spacial score (nSPS) is 16.5. The first-order chi connectivity index (χ1) is 13.6. The Morgan fingerprint density at radius 1 is 1.14 bits per heavy atom. The summed E-state index contributed by atoms with van der Waals surface area (Å²) in [5.41, 5.74) is 0.268. The van der Waals surface area contributed by atoms with E-state index in [2.05, 4.69) is 20.6 Å². The molecule has 2 heterocycles. The number of hydrogen-bond donors (Lipinski definition) is 2. The Balaban J connectivity index is 1.81. The Hall–Kier alpha value is -3.36. The van der Waals surface area contributed by atoms with Gasteiger partial charge in [0.15, 0.2) is 0 Å². The lowest BCUT2D eigenvalue weighted by Crippen LogP contribution is -2.45. The molecule has 2 amide bonds. The fraction of sp³-hybridized carbons (Fsp3) is 0.368. The Morgan fingerprint density at radius 2 is 1.86 bits per heavy atom. The van der Waals surface area contributed by atoms with Gasteiger partial charge >= 0.3 is 6.01 Å². The average Bonchev–Trinajstić information content (AvgIpc) is 2.92. The summed E-state index contributed by atoms with van der Waals surface area (Å²) in [7, 11) is 2.93. The molecule has 28 heavy (non-hydrogen) atoms. The lowest BCUT2D eigenvalue weighted by atomic mass is 10.1. The smallest absolute Gasteiger partial charge is 0.328 e. The highest BCUT2D eigenvalue weighted by Gasteiger charge is 2.24. The minimum absolute atomic E-state index is 0.0244. The van der Waals surface area contributed by atoms with Gasteiger partial charge in [0.2, 0.25) is 17.7 Å². The van der Waals surface area contributed by atoms with Crippen LogP contribution in [0.4, 0.5) is 0 Å². The first-order valence-electron chi connectivity index (χ1n) is 8.93. The van der Waals surface area contributed by atoms with Gasteiger partial charge in [0.25, 0.3) is 5.91 Å². The van der Waals surface area contributed by atoms with E-state index in [1.165, 1.54) is 20.3 Å². The van der Waals surface area contributed by atoms with Crippen LogP contribution in [-0.4, -0.2) is 48.6 Å². The first-order valence-corrected chi connectivity index (χ1v) is 8.93. The molecule has 0 bridgehead atoms. The van der Waals surface area contributed by atoms with Crippen molar-refractivity contribution in [2.24, 2.45) is 0 Å². The predicted octanol–water partition coefficient (Wildman–Crippen LogP) is 1.68. The van der Waals surface area contributed by atoms with Crippen molar-refractivity contribution in [2.75, 3.05) is 20.8 Å². The third kappa shape index (κ3) is 4.67. The number of para-hydroxylation sites is 1. The summed E-state index contributed by atoms with van der Waals surface area (Å²) in [6, 6.07) is 7.58. The van der Waals surface area contributed by atoms with E-state index in [0.29, 0.717) is 13.0 Å². The van der Waals surface area contributed by atoms with Gasteiger partial charge in [-0.15, -0.1) is 0 Å². The van der Waals surface area contributed by atoms with E-state index in [1.807, 2.05) is 0 Å². The number of carbonyl (C=O) groups excluding carboxylic acids is 2. The number of nitrogens with one attached hydrogen (secondary N) is 2. The van der Waals surface area contributed by atoms with Gasteiger partial charge in [-0.3, -0.25) is 9.59 Å². The van der Waals surface area contributed by atoms with Crippen molar-refractivity contribution in [2.45, 2.75) is 25.3 Å². The fourth-order valence-electron chi connectivity index (χ4n) is 2.79. The summed E-state index contributed by atoms with van der Waals surface area (Å²) in [4.78, 5) is 33.1. The second-order valence-electron chi connectivity index (χ2n) is 6.15. The molecule has 0 spiro atoms. The summed E-state index contributed by atoms with van der Waals surface area (Å²) in [5, 5.41) is 5.57. The Bertz CT molecular complexity index is 836. The number of carbonyl (C=O) groups is 2. The third-order valence-corrected chi connectivity index (χ3v) is 4.25. The number of amides is 2. The molecular formula is C19H22N4O5. The maximum absolute atomic E-state index is 12.8. The molecule has 0 radical (unpaired) electrons. The summed E-state index contributed by atoms with van der Waals surface area (Å²) >= 11 is 0. The predicted molar refractivity (Wildman–Crippen MR) is 99.8 cm³/mol. The van der Waals surface area contributed by atoms with Gasteiger partial charge in [-0.2, -0.15) is 9.97 Å². The molecule has 1 fully saturated rings. The molecular weight excluding hydrogens is 364 g/mol. The van der Waals surface area contributed by atoms with Gasteiger partial charge in [-0.1, -0.05) is 12.1 Å². The van der Waals surface area contributed by atoms with Crippen molar-refractivity contribution in [3.05, 3.63) is 35.9 Å². The molecule has 3 rings (SSSR count). The zero-order valence-corrected chi connectivity index (χ0v) is 15.7. The lowest BCUT2D eigenvalue weighted by Gasteiger charge is -2.16. The van der Waals surface area contributed by atoms with Crippen LogP contribution in [0.15, 0.2) is 30.3 Å². The van der Waals surface area contributed by atoms with Gasteiger partial charge in [-0.05, 0) is 31.4 Å². The van der Waals surface area contributed by atoms with E-state index in [4.69, 9.17) is 14.2 Å². The van der Waals surface area contributed by atoms with Gasteiger partial charge in [0.1, 0.15) is 11.8 Å². The van der Waals surface area contributed by atoms with Crippen LogP contribution in [0.5, 0.6) is 23.5 Å². The molecule has 0 saturated carbocycles. The van der Waals surface area contributed by atoms with E-state index in [0.717, 1.165) is 12.8 Å². The number of rotatable bonds is 6. The van der Waals surface area contributed by atoms with Crippen LogP contribution >= 0.6 is 0 Å². The summed E-state index contributed by atoms with van der Waals surface area (Å²) in [6.45, 7) is 0.625. The zero-order valence-electron chi connectivity index (χ0n) is 15.7. The molecule has 1 aliphatic heterocycles. The van der Waals surface area contributed by atoms with Crippen LogP contribution in [0.1, 0.15) is 29.6 Å². The van der Waals surface area contributed by atoms with E-state index >= 15 is 0 Å². The minimum Gasteiger partial charge on any atom is -0.481 e. The van der Waals surface area contributed by atoms with Crippen molar-refractivity contribution in [3.63, 3.8) is 0 Å². The van der Waals surface area contributed by atoms with Gasteiger partial charge in [0, 0.05) is 6.54 Å². The number of nitrogens with zero attached hydrogens (tertiary/aromatic N) is 2. The standard InChI is InChI=1S/C19H22N4O5/c1-26-15-11-16(27-2)23-19(22-15)28-14-9-4-3-7-12(14)17(24)21-13-8-5-6-10-20-18(13)25/h3-4,7,9,11,13H,5-6,8,10H2,1-2H3,(H,20,25)(H,21,24)/t13-/m1/s1. The van der Waals surface area contributed by atoms with Crippen molar-refractivity contribution >= 4 is 11.8 Å². The molecule has 1 aromatic carbocycles. The SMILES string of the molecule is COc1cc(OC)nc(Oc2ccccc2C(=O)N[C@@H]2CCCCNC2=O)n1. The van der Waals surface area contributed by atoms with Gasteiger partial charge in [-0.25, -0.2) is 0 Å². The zero-order chi connectivity index (χ0) is 19.9. The van der Waals surface area contributed by atoms with E-state index in [-0.39, 0.29) is 35.0 Å². The number of aromatic nitrogens is 2. The third-order valence-electron chi connectivity index (χ3n) is 4.25. The molecule has 1 aromatic heterocycles. The maximum atomic E-state index is 12.8. The number of benzene rings is 1. The average molecular weight is 386 g/mol. The summed E-state index contributed by atoms with van der Waals surface area (Å²) < 4.78 is 15.9. The molecule has 2 aromatic rings. The van der Waals surface area contributed by atoms with Crippen LogP contribution in [0.3, 0.4) is 0 Å². The Labute approximate surface area is 162 Å². The number of hydrogen-bond acceptors (Lipinski definition) is 7. The van der Waals surface area contributed by atoms with Crippen molar-refractivity contribution in [1.82, 2.24) is 20.6 Å². The van der Waals surface area contributed by atoms with E-state index < -0.39 is 11.9 Å². The largest absolute Gasteiger partial charge is 0.481 e. The van der Waals surface area contributed by atoms with Crippen LogP contribution < -0.4 is 24.8 Å². The summed E-state index contributed by atoms with van der Waals surface area (Å²) in [5.74, 6) is 0.194. The van der Waals surface area contributed by atoms with E-state index in [1.54, 1.807) is 24.3 Å². The van der Waals surface area contributed by atoms with Gasteiger partial charge in [0.05, 0.1) is 25.8 Å². The molecule has 0 aliphatic carbocycles. The Morgan fingerprint density at radius 3 is 2.57 bits per heavy atom. The molecule has 0 unspecified atom stereocenters. The molecule has 9 nitrogen and oxygen atoms in total. The first kappa shape index (κ1) is 19.4. The second kappa shape index (κ2) is 9.03. The highest BCUT2D eigenvalue weighted by Crippen LogP contribution is 2.26.